The lowest BCUT2D eigenvalue weighted by atomic mass is 9.94. The van der Waals surface area contributed by atoms with E-state index in [2.05, 4.69) is 31.9 Å². The lowest BCUT2D eigenvalue weighted by Crippen LogP contribution is -2.45. The third kappa shape index (κ3) is 4.32. The molecule has 1 aliphatic rings. The van der Waals surface area contributed by atoms with Crippen molar-refractivity contribution in [2.24, 2.45) is 0 Å². The van der Waals surface area contributed by atoms with Crippen LogP contribution >= 0.6 is 28.1 Å². The summed E-state index contributed by atoms with van der Waals surface area (Å²) < 4.78 is 0.908. The standard InChI is InChI=1S/C18H15BrN4O3S/c1-10-15(17(24)21-13-6-4-12(19)5-7-13)16(22-18(27)20-10)11-2-8-14(9-3-11)23(25)26/h2-9,16H,1H3,(H,21,24)(H2,20,22,27)/t16-/m0/s1. The molecule has 0 saturated heterocycles. The van der Waals surface area contributed by atoms with Gasteiger partial charge < -0.3 is 16.0 Å². The molecule has 0 saturated carbocycles. The van der Waals surface area contributed by atoms with Crippen LogP contribution in [0.25, 0.3) is 0 Å². The predicted molar refractivity (Wildman–Crippen MR) is 110 cm³/mol. The fourth-order valence-electron chi connectivity index (χ4n) is 2.77. The Balaban J connectivity index is 1.92. The molecule has 138 valence electrons. The van der Waals surface area contributed by atoms with E-state index in [4.69, 9.17) is 12.2 Å². The first-order chi connectivity index (χ1) is 12.8. The molecule has 9 heteroatoms. The fraction of sp³-hybridized carbons (Fsp3) is 0.111. The monoisotopic (exact) mass is 446 g/mol. The first-order valence-corrected chi connectivity index (χ1v) is 9.15. The summed E-state index contributed by atoms with van der Waals surface area (Å²) in [5.41, 5.74) is 2.41. The Labute approximate surface area is 169 Å². The number of nitrogens with zero attached hydrogens (tertiary/aromatic N) is 1. The number of hydrogen-bond acceptors (Lipinski definition) is 4. The second-order valence-electron chi connectivity index (χ2n) is 5.88. The highest BCUT2D eigenvalue weighted by Crippen LogP contribution is 2.29. The van der Waals surface area contributed by atoms with Crippen molar-refractivity contribution < 1.29 is 9.72 Å². The van der Waals surface area contributed by atoms with Crippen molar-refractivity contribution in [2.45, 2.75) is 13.0 Å². The number of rotatable bonds is 4. The molecule has 0 aromatic heterocycles. The van der Waals surface area contributed by atoms with Crippen LogP contribution in [0.5, 0.6) is 0 Å². The summed E-state index contributed by atoms with van der Waals surface area (Å²) in [7, 11) is 0. The molecule has 27 heavy (non-hydrogen) atoms. The van der Waals surface area contributed by atoms with Crippen molar-refractivity contribution in [2.75, 3.05) is 5.32 Å². The SMILES string of the molecule is CC1=C(C(=O)Nc2ccc(Br)cc2)[C@H](c2ccc([N+](=O)[O-])cc2)NC(=S)N1. The maximum absolute atomic E-state index is 12.9. The first-order valence-electron chi connectivity index (χ1n) is 7.94. The number of hydrogen-bond donors (Lipinski definition) is 3. The molecule has 0 radical (unpaired) electrons. The number of nitro benzene ring substituents is 1. The van der Waals surface area contributed by atoms with Crippen molar-refractivity contribution >= 4 is 50.5 Å². The van der Waals surface area contributed by atoms with Crippen molar-refractivity contribution in [1.82, 2.24) is 10.6 Å². The summed E-state index contributed by atoms with van der Waals surface area (Å²) in [6, 6.07) is 12.8. The molecule has 3 rings (SSSR count). The van der Waals surface area contributed by atoms with Gasteiger partial charge in [0.25, 0.3) is 11.6 Å². The summed E-state index contributed by atoms with van der Waals surface area (Å²) in [6.45, 7) is 1.77. The van der Waals surface area contributed by atoms with Gasteiger partial charge in [0, 0.05) is 28.0 Å². The Morgan fingerprint density at radius 1 is 1.19 bits per heavy atom. The molecule has 1 amide bonds. The number of amides is 1. The topological polar surface area (TPSA) is 96.3 Å². The highest BCUT2D eigenvalue weighted by Gasteiger charge is 2.30. The van der Waals surface area contributed by atoms with Gasteiger partial charge in [-0.25, -0.2) is 0 Å². The lowest BCUT2D eigenvalue weighted by Gasteiger charge is -2.30. The van der Waals surface area contributed by atoms with Gasteiger partial charge in [-0.05, 0) is 61.1 Å². The zero-order chi connectivity index (χ0) is 19.6. The van der Waals surface area contributed by atoms with Gasteiger partial charge in [0.2, 0.25) is 0 Å². The van der Waals surface area contributed by atoms with Crippen LogP contribution in [0.3, 0.4) is 0 Å². The third-order valence-corrected chi connectivity index (χ3v) is 4.80. The van der Waals surface area contributed by atoms with Crippen molar-refractivity contribution in [3.63, 3.8) is 0 Å². The number of nitrogens with one attached hydrogen (secondary N) is 3. The number of halogens is 1. The van der Waals surface area contributed by atoms with Crippen LogP contribution in [0.15, 0.2) is 64.3 Å². The highest BCUT2D eigenvalue weighted by atomic mass is 79.9. The first kappa shape index (κ1) is 19.0. The Hall–Kier alpha value is -2.78. The highest BCUT2D eigenvalue weighted by molar-refractivity contribution is 9.10. The molecular weight excluding hydrogens is 432 g/mol. The Morgan fingerprint density at radius 3 is 2.41 bits per heavy atom. The number of anilines is 1. The second-order valence-corrected chi connectivity index (χ2v) is 7.20. The second kappa shape index (κ2) is 7.85. The van der Waals surface area contributed by atoms with Crippen molar-refractivity contribution in [3.05, 3.63) is 80.0 Å². The molecule has 0 unspecified atom stereocenters. The van der Waals surface area contributed by atoms with Crippen LogP contribution in [-0.2, 0) is 4.79 Å². The largest absolute Gasteiger partial charge is 0.351 e. The number of non-ortho nitro benzene ring substituents is 1. The normalized spacial score (nSPS) is 16.4. The van der Waals surface area contributed by atoms with E-state index in [0.717, 1.165) is 4.47 Å². The van der Waals surface area contributed by atoms with Gasteiger partial charge in [-0.1, -0.05) is 15.9 Å². The summed E-state index contributed by atoms with van der Waals surface area (Å²) >= 11 is 8.57. The van der Waals surface area contributed by atoms with Crippen LogP contribution < -0.4 is 16.0 Å². The Bertz CT molecular complexity index is 942. The molecule has 0 bridgehead atoms. The van der Waals surface area contributed by atoms with Crippen LogP contribution in [0.4, 0.5) is 11.4 Å². The van der Waals surface area contributed by atoms with Gasteiger partial charge in [0.15, 0.2) is 5.11 Å². The summed E-state index contributed by atoms with van der Waals surface area (Å²) in [4.78, 5) is 23.3. The van der Waals surface area contributed by atoms with E-state index in [1.165, 1.54) is 12.1 Å². The number of carbonyl (C=O) groups excluding carboxylic acids is 1. The maximum atomic E-state index is 12.9. The summed E-state index contributed by atoms with van der Waals surface area (Å²) in [5.74, 6) is -0.291. The van der Waals surface area contributed by atoms with E-state index in [1.54, 1.807) is 31.2 Å². The smallest absolute Gasteiger partial charge is 0.269 e. The quantitative estimate of drug-likeness (QED) is 0.375. The molecule has 3 N–H and O–H groups in total. The van der Waals surface area contributed by atoms with Crippen molar-refractivity contribution in [3.8, 4) is 0 Å². The zero-order valence-corrected chi connectivity index (χ0v) is 16.6. The average Bonchev–Trinajstić information content (AvgIpc) is 2.63. The summed E-state index contributed by atoms with van der Waals surface area (Å²) in [6.07, 6.45) is 0. The minimum Gasteiger partial charge on any atom is -0.351 e. The maximum Gasteiger partial charge on any atom is 0.269 e. The average molecular weight is 447 g/mol. The molecule has 2 aromatic carbocycles. The minimum absolute atomic E-state index is 0.0168. The van der Waals surface area contributed by atoms with Gasteiger partial charge in [-0.2, -0.15) is 0 Å². The number of benzene rings is 2. The van der Waals surface area contributed by atoms with Crippen LogP contribution in [0.2, 0.25) is 0 Å². The van der Waals surface area contributed by atoms with Crippen molar-refractivity contribution in [1.29, 1.82) is 0 Å². The van der Waals surface area contributed by atoms with E-state index in [0.29, 0.717) is 27.6 Å². The van der Waals surface area contributed by atoms with E-state index < -0.39 is 11.0 Å². The van der Waals surface area contributed by atoms with Gasteiger partial charge in [0.05, 0.1) is 16.5 Å². The van der Waals surface area contributed by atoms with Crippen LogP contribution in [0, 0.1) is 10.1 Å². The lowest BCUT2D eigenvalue weighted by molar-refractivity contribution is -0.384. The van der Waals surface area contributed by atoms with E-state index in [9.17, 15) is 14.9 Å². The number of nitro groups is 1. The molecule has 0 aliphatic carbocycles. The molecule has 1 atom stereocenters. The molecule has 0 spiro atoms. The number of carbonyl (C=O) groups is 1. The van der Waals surface area contributed by atoms with Crippen LogP contribution in [-0.4, -0.2) is 15.9 Å². The molecule has 1 aliphatic heterocycles. The Morgan fingerprint density at radius 2 is 1.81 bits per heavy atom. The van der Waals surface area contributed by atoms with E-state index in [1.807, 2.05) is 12.1 Å². The van der Waals surface area contributed by atoms with Gasteiger partial charge in [-0.3, -0.25) is 14.9 Å². The van der Waals surface area contributed by atoms with E-state index >= 15 is 0 Å². The fourth-order valence-corrected chi connectivity index (χ4v) is 3.30. The zero-order valence-electron chi connectivity index (χ0n) is 14.2. The molecule has 7 nitrogen and oxygen atoms in total. The summed E-state index contributed by atoms with van der Waals surface area (Å²) in [5, 5.41) is 20.1. The van der Waals surface area contributed by atoms with Gasteiger partial charge in [-0.15, -0.1) is 0 Å². The predicted octanol–water partition coefficient (Wildman–Crippen LogP) is 3.79. The molecule has 2 aromatic rings. The minimum atomic E-state index is -0.519. The van der Waals surface area contributed by atoms with Crippen LogP contribution in [0.1, 0.15) is 18.5 Å². The third-order valence-electron chi connectivity index (χ3n) is 4.05. The Kier molecular flexibility index (Phi) is 5.52. The molecule has 0 fully saturated rings. The van der Waals surface area contributed by atoms with E-state index in [-0.39, 0.29) is 11.6 Å². The molecular formula is C18H15BrN4O3S. The molecule has 1 heterocycles. The number of thiocarbonyl (C=S) groups is 1. The van der Waals surface area contributed by atoms with Gasteiger partial charge in [0.1, 0.15) is 0 Å². The van der Waals surface area contributed by atoms with Gasteiger partial charge >= 0.3 is 0 Å². The number of allylic oxidation sites excluding steroid dienone is 1.